The molecule has 0 saturated carbocycles. The number of hydrogen-bond donors (Lipinski definition) is 2. The number of alkyl halides is 2. The predicted molar refractivity (Wildman–Crippen MR) is 93.5 cm³/mol. The maximum atomic E-state index is 12.5. The first-order valence-corrected chi connectivity index (χ1v) is 7.80. The molecule has 1 atom stereocenters. The zero-order valence-electron chi connectivity index (χ0n) is 13.9. The summed E-state index contributed by atoms with van der Waals surface area (Å²) in [6.45, 7) is 2.76. The van der Waals surface area contributed by atoms with Gasteiger partial charge in [-0.05, 0) is 50.7 Å². The Morgan fingerprint density at radius 3 is 2.62 bits per heavy atom. The maximum Gasteiger partial charge on any atom is 0.387 e. The van der Waals surface area contributed by atoms with Crippen molar-refractivity contribution in [2.24, 2.45) is 7.05 Å². The van der Waals surface area contributed by atoms with Gasteiger partial charge in [-0.1, -0.05) is 6.07 Å². The Morgan fingerprint density at radius 1 is 1.33 bits per heavy atom. The van der Waals surface area contributed by atoms with Crippen LogP contribution in [0.3, 0.4) is 0 Å². The molecular weight excluding hydrogens is 334 g/mol. The number of hydrogen-bond acceptors (Lipinski definition) is 3. The molecule has 0 radical (unpaired) electrons. The van der Waals surface area contributed by atoms with Crippen molar-refractivity contribution in [3.05, 3.63) is 41.2 Å². The van der Waals surface area contributed by atoms with Crippen LogP contribution in [0.2, 0.25) is 0 Å². The molecule has 0 spiro atoms. The van der Waals surface area contributed by atoms with Crippen LogP contribution in [0.1, 0.15) is 29.8 Å². The second-order valence-corrected chi connectivity index (χ2v) is 5.95. The fraction of sp³-hybridized carbons (Fsp3) is 0.375. The highest BCUT2D eigenvalue weighted by Crippen LogP contribution is 2.27. The number of thiocarbonyl (C=S) groups is 1. The van der Waals surface area contributed by atoms with Crippen molar-refractivity contribution in [1.29, 1.82) is 0 Å². The SMILES string of the molecule is Cc1ccc(NC(=S)NC(C)c2cn(C)nc2C)c(OC(F)F)c1. The van der Waals surface area contributed by atoms with Crippen LogP contribution in [-0.2, 0) is 7.05 Å². The first kappa shape index (κ1) is 18.1. The van der Waals surface area contributed by atoms with Crippen molar-refractivity contribution in [3.63, 3.8) is 0 Å². The highest BCUT2D eigenvalue weighted by atomic mass is 32.1. The number of nitrogens with one attached hydrogen (secondary N) is 2. The lowest BCUT2D eigenvalue weighted by Crippen LogP contribution is -2.31. The van der Waals surface area contributed by atoms with E-state index < -0.39 is 6.61 Å². The lowest BCUT2D eigenvalue weighted by Gasteiger charge is -2.18. The summed E-state index contributed by atoms with van der Waals surface area (Å²) >= 11 is 5.28. The highest BCUT2D eigenvalue weighted by Gasteiger charge is 2.15. The topological polar surface area (TPSA) is 51.1 Å². The van der Waals surface area contributed by atoms with Crippen LogP contribution >= 0.6 is 12.2 Å². The Morgan fingerprint density at radius 2 is 2.04 bits per heavy atom. The summed E-state index contributed by atoms with van der Waals surface area (Å²) in [4.78, 5) is 0. The predicted octanol–water partition coefficient (Wildman–Crippen LogP) is 3.69. The number of rotatable bonds is 5. The molecule has 0 aliphatic carbocycles. The summed E-state index contributed by atoms with van der Waals surface area (Å²) < 4.78 is 31.4. The van der Waals surface area contributed by atoms with Crippen LogP contribution in [0, 0.1) is 13.8 Å². The molecule has 2 N–H and O–H groups in total. The van der Waals surface area contributed by atoms with Gasteiger partial charge in [-0.3, -0.25) is 4.68 Å². The fourth-order valence-corrected chi connectivity index (χ4v) is 2.69. The normalized spacial score (nSPS) is 12.1. The molecule has 0 bridgehead atoms. The molecule has 24 heavy (non-hydrogen) atoms. The minimum atomic E-state index is -2.90. The van der Waals surface area contributed by atoms with Gasteiger partial charge in [-0.15, -0.1) is 0 Å². The minimum absolute atomic E-state index is 0.0550. The minimum Gasteiger partial charge on any atom is -0.433 e. The van der Waals surface area contributed by atoms with Crippen molar-refractivity contribution in [2.45, 2.75) is 33.4 Å². The van der Waals surface area contributed by atoms with Crippen molar-refractivity contribution in [1.82, 2.24) is 15.1 Å². The van der Waals surface area contributed by atoms with E-state index in [4.69, 9.17) is 12.2 Å². The van der Waals surface area contributed by atoms with Crippen molar-refractivity contribution in [3.8, 4) is 5.75 Å². The van der Waals surface area contributed by atoms with Crippen LogP contribution in [0.5, 0.6) is 5.75 Å². The molecule has 2 rings (SSSR count). The molecule has 1 aromatic carbocycles. The van der Waals surface area contributed by atoms with Crippen molar-refractivity contribution >= 4 is 23.0 Å². The monoisotopic (exact) mass is 354 g/mol. The second kappa shape index (κ2) is 7.57. The molecule has 0 amide bonds. The molecule has 8 heteroatoms. The summed E-state index contributed by atoms with van der Waals surface area (Å²) in [5.41, 5.74) is 3.11. The van der Waals surface area contributed by atoms with Gasteiger partial charge in [0.2, 0.25) is 0 Å². The van der Waals surface area contributed by atoms with Gasteiger partial charge in [-0.2, -0.15) is 13.9 Å². The van der Waals surface area contributed by atoms with E-state index in [0.29, 0.717) is 10.8 Å². The average Bonchev–Trinajstić information content (AvgIpc) is 2.80. The summed E-state index contributed by atoms with van der Waals surface area (Å²) in [6, 6.07) is 4.90. The molecule has 1 unspecified atom stereocenters. The number of aryl methyl sites for hydroxylation is 3. The molecule has 0 aliphatic heterocycles. The number of ether oxygens (including phenoxy) is 1. The second-order valence-electron chi connectivity index (χ2n) is 5.54. The molecule has 0 saturated heterocycles. The number of halogens is 2. The van der Waals surface area contributed by atoms with Crippen LogP contribution < -0.4 is 15.4 Å². The Kier molecular flexibility index (Phi) is 5.71. The van der Waals surface area contributed by atoms with Gasteiger partial charge in [0.15, 0.2) is 5.11 Å². The molecular formula is C16H20F2N4OS. The first-order valence-electron chi connectivity index (χ1n) is 7.39. The standard InChI is InChI=1S/C16H20F2N4OS/c1-9-5-6-13(14(7-9)23-15(17)18)20-16(24)19-10(2)12-8-22(4)21-11(12)3/h5-8,10,15H,1-4H3,(H2,19,20,24). The van der Waals surface area contributed by atoms with Crippen LogP contribution in [0.15, 0.2) is 24.4 Å². The van der Waals surface area contributed by atoms with E-state index in [2.05, 4.69) is 20.5 Å². The largest absolute Gasteiger partial charge is 0.433 e. The number of aromatic nitrogens is 2. The molecule has 5 nitrogen and oxygen atoms in total. The van der Waals surface area contributed by atoms with Crippen LogP contribution in [-0.4, -0.2) is 21.5 Å². The Balaban J connectivity index is 2.08. The van der Waals surface area contributed by atoms with E-state index in [-0.39, 0.29) is 11.8 Å². The lowest BCUT2D eigenvalue weighted by molar-refractivity contribution is -0.0493. The van der Waals surface area contributed by atoms with E-state index in [0.717, 1.165) is 16.8 Å². The summed E-state index contributed by atoms with van der Waals surface area (Å²) in [6.07, 6.45) is 1.91. The van der Waals surface area contributed by atoms with Gasteiger partial charge in [0.25, 0.3) is 0 Å². The fourth-order valence-electron chi connectivity index (χ4n) is 2.40. The summed E-state index contributed by atoms with van der Waals surface area (Å²) in [7, 11) is 1.85. The summed E-state index contributed by atoms with van der Waals surface area (Å²) in [5.74, 6) is 0.0550. The molecule has 1 heterocycles. The van der Waals surface area contributed by atoms with Gasteiger partial charge in [0.1, 0.15) is 5.75 Å². The van der Waals surface area contributed by atoms with E-state index in [1.807, 2.05) is 27.1 Å². The number of benzene rings is 1. The quantitative estimate of drug-likeness (QED) is 0.802. The van der Waals surface area contributed by atoms with Crippen LogP contribution in [0.4, 0.5) is 14.5 Å². The van der Waals surface area contributed by atoms with E-state index in [1.54, 1.807) is 23.7 Å². The maximum absolute atomic E-state index is 12.5. The third kappa shape index (κ3) is 4.64. The third-order valence-corrected chi connectivity index (χ3v) is 3.69. The van der Waals surface area contributed by atoms with Crippen molar-refractivity contribution < 1.29 is 13.5 Å². The molecule has 0 fully saturated rings. The van der Waals surface area contributed by atoms with Crippen molar-refractivity contribution in [2.75, 3.05) is 5.32 Å². The first-order chi connectivity index (χ1) is 11.3. The number of anilines is 1. The number of nitrogens with zero attached hydrogens (tertiary/aromatic N) is 2. The van der Waals surface area contributed by atoms with Gasteiger partial charge in [0, 0.05) is 18.8 Å². The molecule has 0 aliphatic rings. The van der Waals surface area contributed by atoms with E-state index >= 15 is 0 Å². The lowest BCUT2D eigenvalue weighted by atomic mass is 10.1. The Bertz CT molecular complexity index is 733. The van der Waals surface area contributed by atoms with Crippen LogP contribution in [0.25, 0.3) is 0 Å². The third-order valence-electron chi connectivity index (χ3n) is 3.47. The van der Waals surface area contributed by atoms with Gasteiger partial charge >= 0.3 is 6.61 Å². The molecule has 2 aromatic rings. The Labute approximate surface area is 145 Å². The highest BCUT2D eigenvalue weighted by molar-refractivity contribution is 7.80. The summed E-state index contributed by atoms with van der Waals surface area (Å²) in [5, 5.41) is 10.6. The average molecular weight is 354 g/mol. The van der Waals surface area contributed by atoms with Gasteiger partial charge in [-0.25, -0.2) is 0 Å². The Hall–Kier alpha value is -2.22. The van der Waals surface area contributed by atoms with E-state index in [9.17, 15) is 8.78 Å². The smallest absolute Gasteiger partial charge is 0.387 e. The van der Waals surface area contributed by atoms with E-state index in [1.165, 1.54) is 6.07 Å². The molecule has 130 valence electrons. The zero-order valence-corrected chi connectivity index (χ0v) is 14.7. The van der Waals surface area contributed by atoms with Gasteiger partial charge < -0.3 is 15.4 Å². The molecule has 1 aromatic heterocycles. The zero-order chi connectivity index (χ0) is 17.9. The van der Waals surface area contributed by atoms with Gasteiger partial charge in [0.05, 0.1) is 17.4 Å².